The summed E-state index contributed by atoms with van der Waals surface area (Å²) in [6.45, 7) is -0.222. The summed E-state index contributed by atoms with van der Waals surface area (Å²) in [5.41, 5.74) is 2.56. The van der Waals surface area contributed by atoms with Crippen LogP contribution in [0.15, 0.2) is 44.4 Å². The molecule has 1 amide bonds. The molecule has 0 aromatic heterocycles. The van der Waals surface area contributed by atoms with E-state index in [1.54, 1.807) is 18.2 Å². The first kappa shape index (κ1) is 19.1. The Hall–Kier alpha value is -1.28. The molecule has 0 bridgehead atoms. The number of amides is 1. The van der Waals surface area contributed by atoms with Crippen molar-refractivity contribution in [3.05, 3.63) is 54.9 Å². The van der Waals surface area contributed by atoms with Gasteiger partial charge in [0.25, 0.3) is 5.91 Å². The third-order valence-corrected chi connectivity index (χ3v) is 4.32. The lowest BCUT2D eigenvalue weighted by atomic mass is 10.2. The molecule has 24 heavy (non-hydrogen) atoms. The van der Waals surface area contributed by atoms with Crippen molar-refractivity contribution in [2.45, 2.75) is 0 Å². The monoisotopic (exact) mass is 494 g/mol. The molecule has 126 valence electrons. The first-order valence-corrected chi connectivity index (χ1v) is 8.79. The number of nitrogens with zero attached hydrogens (tertiary/aromatic N) is 1. The fraction of sp³-hybridized carbons (Fsp3) is 0.0667. The maximum Gasteiger partial charge on any atom is 0.277 e. The molecule has 9 heteroatoms. The summed E-state index contributed by atoms with van der Waals surface area (Å²) in [6.07, 6.45) is 1.24. The fourth-order valence-electron chi connectivity index (χ4n) is 1.63. The summed E-state index contributed by atoms with van der Waals surface area (Å²) in [6, 6.07) is 8.18. The summed E-state index contributed by atoms with van der Waals surface area (Å²) in [7, 11) is 0. The van der Waals surface area contributed by atoms with Gasteiger partial charge in [-0.25, -0.2) is 5.43 Å². The van der Waals surface area contributed by atoms with Gasteiger partial charge >= 0.3 is 0 Å². The molecule has 0 aliphatic carbocycles. The first-order valence-electron chi connectivity index (χ1n) is 6.44. The number of phenolic OH excluding ortho intramolecular Hbond substituents is 1. The molecule has 0 unspecified atom stereocenters. The van der Waals surface area contributed by atoms with Crippen LogP contribution < -0.4 is 10.2 Å². The maximum absolute atomic E-state index is 11.7. The quantitative estimate of drug-likeness (QED) is 0.463. The molecule has 2 aromatic carbocycles. The minimum Gasteiger partial charge on any atom is -0.506 e. The van der Waals surface area contributed by atoms with Gasteiger partial charge in [0, 0.05) is 15.1 Å². The van der Waals surface area contributed by atoms with Crippen molar-refractivity contribution in [1.29, 1.82) is 0 Å². The Balaban J connectivity index is 1.91. The molecule has 2 aromatic rings. The summed E-state index contributed by atoms with van der Waals surface area (Å²) >= 11 is 18.3. The van der Waals surface area contributed by atoms with E-state index in [1.165, 1.54) is 18.3 Å². The number of ether oxygens (including phenoxy) is 1. The summed E-state index contributed by atoms with van der Waals surface area (Å²) in [5.74, 6) is -0.112. The Bertz CT molecular complexity index is 801. The fourth-order valence-corrected chi connectivity index (χ4v) is 3.30. The Morgan fingerprint density at radius 1 is 1.29 bits per heavy atom. The molecule has 0 aliphatic rings. The van der Waals surface area contributed by atoms with Gasteiger partial charge in [0.1, 0.15) is 11.5 Å². The largest absolute Gasteiger partial charge is 0.506 e. The lowest BCUT2D eigenvalue weighted by molar-refractivity contribution is -0.123. The van der Waals surface area contributed by atoms with E-state index in [9.17, 15) is 9.90 Å². The second-order valence-corrected chi connectivity index (χ2v) is 7.10. The van der Waals surface area contributed by atoms with Crippen LogP contribution >= 0.6 is 55.1 Å². The van der Waals surface area contributed by atoms with Crippen LogP contribution in [-0.4, -0.2) is 23.8 Å². The number of hydrogen-bond donors (Lipinski definition) is 2. The van der Waals surface area contributed by atoms with E-state index in [0.29, 0.717) is 15.2 Å². The molecule has 0 aliphatic heterocycles. The average Bonchev–Trinajstić information content (AvgIpc) is 2.51. The van der Waals surface area contributed by atoms with Crippen LogP contribution in [0.1, 0.15) is 5.56 Å². The molecule has 0 saturated heterocycles. The smallest absolute Gasteiger partial charge is 0.277 e. The lowest BCUT2D eigenvalue weighted by Gasteiger charge is -2.07. The Morgan fingerprint density at radius 3 is 2.75 bits per heavy atom. The van der Waals surface area contributed by atoms with E-state index in [2.05, 4.69) is 42.4 Å². The number of benzene rings is 2. The number of aromatic hydroxyl groups is 1. The predicted octanol–water partition coefficient (Wildman–Crippen LogP) is 4.75. The summed E-state index contributed by atoms with van der Waals surface area (Å²) in [4.78, 5) is 11.7. The minimum atomic E-state index is -0.464. The van der Waals surface area contributed by atoms with Crippen LogP contribution in [0.4, 0.5) is 0 Å². The van der Waals surface area contributed by atoms with Gasteiger partial charge in [-0.05, 0) is 46.3 Å². The number of hydrogen-bond acceptors (Lipinski definition) is 4. The molecule has 2 N–H and O–H groups in total. The highest BCUT2D eigenvalue weighted by Crippen LogP contribution is 2.30. The molecule has 0 saturated carbocycles. The zero-order chi connectivity index (χ0) is 17.7. The Morgan fingerprint density at radius 2 is 2.04 bits per heavy atom. The van der Waals surface area contributed by atoms with Gasteiger partial charge in [0.2, 0.25) is 0 Å². The minimum absolute atomic E-state index is 0.0960. The third kappa shape index (κ3) is 5.37. The molecule has 5 nitrogen and oxygen atoms in total. The molecular weight excluding hydrogens is 487 g/mol. The third-order valence-electron chi connectivity index (χ3n) is 2.70. The molecule has 0 heterocycles. The molecular formula is C15H10Br2Cl2N2O3. The molecule has 0 fully saturated rings. The van der Waals surface area contributed by atoms with E-state index >= 15 is 0 Å². The van der Waals surface area contributed by atoms with E-state index in [4.69, 9.17) is 27.9 Å². The standard InChI is InChI=1S/C15H10Br2Cl2N2O3/c16-9-1-2-13(11(17)4-9)24-7-14(22)21-20-6-8-3-10(18)5-12(19)15(8)23/h1-6,23H,7H2,(H,21,22). The number of halogens is 4. The van der Waals surface area contributed by atoms with Crippen LogP contribution in [0.25, 0.3) is 0 Å². The number of rotatable bonds is 5. The average molecular weight is 497 g/mol. The second kappa shape index (κ2) is 8.71. The molecule has 0 spiro atoms. The van der Waals surface area contributed by atoms with E-state index < -0.39 is 5.91 Å². The Labute approximate surface area is 164 Å². The summed E-state index contributed by atoms with van der Waals surface area (Å²) < 4.78 is 6.97. The van der Waals surface area contributed by atoms with Gasteiger partial charge < -0.3 is 9.84 Å². The van der Waals surface area contributed by atoms with Crippen molar-refractivity contribution >= 4 is 67.2 Å². The van der Waals surface area contributed by atoms with Gasteiger partial charge in [-0.3, -0.25) is 4.79 Å². The van der Waals surface area contributed by atoms with Crippen LogP contribution in [0.2, 0.25) is 10.0 Å². The number of nitrogens with one attached hydrogen (secondary N) is 1. The second-order valence-electron chi connectivity index (χ2n) is 4.48. The van der Waals surface area contributed by atoms with Gasteiger partial charge in [-0.1, -0.05) is 39.1 Å². The highest BCUT2D eigenvalue weighted by atomic mass is 79.9. The van der Waals surface area contributed by atoms with Crippen molar-refractivity contribution in [2.75, 3.05) is 6.61 Å². The van der Waals surface area contributed by atoms with E-state index in [-0.39, 0.29) is 22.9 Å². The summed E-state index contributed by atoms with van der Waals surface area (Å²) in [5, 5.41) is 13.9. The van der Waals surface area contributed by atoms with Crippen molar-refractivity contribution in [1.82, 2.24) is 5.43 Å². The molecule has 2 rings (SSSR count). The predicted molar refractivity (Wildman–Crippen MR) is 101 cm³/mol. The normalized spacial score (nSPS) is 10.8. The number of hydrazone groups is 1. The van der Waals surface area contributed by atoms with Crippen LogP contribution in [0.3, 0.4) is 0 Å². The van der Waals surface area contributed by atoms with Crippen molar-refractivity contribution < 1.29 is 14.6 Å². The van der Waals surface area contributed by atoms with Gasteiger partial charge in [0.15, 0.2) is 6.61 Å². The highest BCUT2D eigenvalue weighted by molar-refractivity contribution is 9.11. The number of phenols is 1. The van der Waals surface area contributed by atoms with E-state index in [0.717, 1.165) is 4.47 Å². The van der Waals surface area contributed by atoms with Crippen molar-refractivity contribution in [3.63, 3.8) is 0 Å². The lowest BCUT2D eigenvalue weighted by Crippen LogP contribution is -2.24. The maximum atomic E-state index is 11.7. The molecule has 0 atom stereocenters. The van der Waals surface area contributed by atoms with Crippen molar-refractivity contribution in [2.24, 2.45) is 5.10 Å². The first-order chi connectivity index (χ1) is 11.4. The van der Waals surface area contributed by atoms with E-state index in [1.807, 2.05) is 0 Å². The number of carbonyl (C=O) groups excluding carboxylic acids is 1. The van der Waals surface area contributed by atoms with Gasteiger partial charge in [-0.2, -0.15) is 5.10 Å². The van der Waals surface area contributed by atoms with Crippen LogP contribution in [-0.2, 0) is 4.79 Å². The van der Waals surface area contributed by atoms with Gasteiger partial charge in [-0.15, -0.1) is 0 Å². The zero-order valence-electron chi connectivity index (χ0n) is 11.9. The highest BCUT2D eigenvalue weighted by Gasteiger charge is 2.07. The number of carbonyl (C=O) groups is 1. The van der Waals surface area contributed by atoms with Crippen molar-refractivity contribution in [3.8, 4) is 11.5 Å². The SMILES string of the molecule is O=C(COc1ccc(Br)cc1Br)NN=Cc1cc(Cl)cc(Cl)c1O. The molecule has 0 radical (unpaired) electrons. The van der Waals surface area contributed by atoms with Crippen LogP contribution in [0.5, 0.6) is 11.5 Å². The topological polar surface area (TPSA) is 70.9 Å². The zero-order valence-corrected chi connectivity index (χ0v) is 16.6. The van der Waals surface area contributed by atoms with Crippen LogP contribution in [0, 0.1) is 0 Å². The Kier molecular flexibility index (Phi) is 6.91. The van der Waals surface area contributed by atoms with Gasteiger partial charge in [0.05, 0.1) is 15.7 Å².